The zero-order valence-electron chi connectivity index (χ0n) is 9.43. The number of nitrogens with zero attached hydrogens (tertiary/aromatic N) is 2. The lowest BCUT2D eigenvalue weighted by molar-refractivity contribution is -0.115. The minimum absolute atomic E-state index is 0.0174. The molecule has 3 rings (SSSR count). The molecule has 90 valence electrons. The molecule has 3 amide bonds. The maximum Gasteiger partial charge on any atom is 0.331 e. The Kier molecular flexibility index (Phi) is 2.20. The molecular weight excluding hydrogens is 232 g/mol. The van der Waals surface area contributed by atoms with Crippen LogP contribution in [0.15, 0.2) is 18.2 Å². The topological polar surface area (TPSA) is 85.2 Å². The van der Waals surface area contributed by atoms with Crippen molar-refractivity contribution in [2.24, 2.45) is 0 Å². The lowest BCUT2D eigenvalue weighted by Crippen LogP contribution is -2.23. The SMILES string of the molecule is N#CN1CC(c2ccc3c(c2)CC(=O)N3)NC1=O. The zero-order chi connectivity index (χ0) is 12.7. The maximum absolute atomic E-state index is 11.4. The Morgan fingerprint density at radius 3 is 2.94 bits per heavy atom. The van der Waals surface area contributed by atoms with E-state index in [-0.39, 0.29) is 18.0 Å². The molecule has 0 aliphatic carbocycles. The Morgan fingerprint density at radius 1 is 1.39 bits per heavy atom. The van der Waals surface area contributed by atoms with Crippen LogP contribution in [-0.2, 0) is 11.2 Å². The number of benzene rings is 1. The Balaban J connectivity index is 1.87. The molecular formula is C12H10N4O2. The van der Waals surface area contributed by atoms with Crippen molar-refractivity contribution >= 4 is 17.6 Å². The quantitative estimate of drug-likeness (QED) is 0.712. The van der Waals surface area contributed by atoms with Crippen LogP contribution in [0.5, 0.6) is 0 Å². The average Bonchev–Trinajstić information content (AvgIpc) is 2.89. The highest BCUT2D eigenvalue weighted by atomic mass is 16.2. The second-order valence-corrected chi connectivity index (χ2v) is 4.35. The predicted octanol–water partition coefficient (Wildman–Crippen LogP) is 0.729. The van der Waals surface area contributed by atoms with E-state index in [1.54, 1.807) is 0 Å². The normalized spacial score (nSPS) is 21.3. The molecule has 0 bridgehead atoms. The van der Waals surface area contributed by atoms with Gasteiger partial charge in [0.15, 0.2) is 6.19 Å². The number of carbonyl (C=O) groups excluding carboxylic acids is 2. The third-order valence-electron chi connectivity index (χ3n) is 3.19. The van der Waals surface area contributed by atoms with Crippen molar-refractivity contribution < 1.29 is 9.59 Å². The molecule has 6 heteroatoms. The van der Waals surface area contributed by atoms with Crippen molar-refractivity contribution in [3.63, 3.8) is 0 Å². The van der Waals surface area contributed by atoms with E-state index < -0.39 is 0 Å². The number of hydrogen-bond acceptors (Lipinski definition) is 3. The summed E-state index contributed by atoms with van der Waals surface area (Å²) >= 11 is 0. The Labute approximate surface area is 103 Å². The third-order valence-corrected chi connectivity index (χ3v) is 3.19. The van der Waals surface area contributed by atoms with Crippen LogP contribution >= 0.6 is 0 Å². The van der Waals surface area contributed by atoms with Crippen LogP contribution in [0.1, 0.15) is 17.2 Å². The summed E-state index contributed by atoms with van der Waals surface area (Å²) in [5, 5.41) is 14.2. The first-order valence-corrected chi connectivity index (χ1v) is 5.58. The first-order chi connectivity index (χ1) is 8.67. The van der Waals surface area contributed by atoms with E-state index in [1.165, 1.54) is 0 Å². The third kappa shape index (κ3) is 1.57. The van der Waals surface area contributed by atoms with E-state index in [0.717, 1.165) is 21.7 Å². The number of urea groups is 1. The van der Waals surface area contributed by atoms with Gasteiger partial charge in [0.1, 0.15) is 0 Å². The van der Waals surface area contributed by atoms with Crippen molar-refractivity contribution in [1.29, 1.82) is 5.26 Å². The molecule has 1 fully saturated rings. The number of rotatable bonds is 1. The highest BCUT2D eigenvalue weighted by Gasteiger charge is 2.30. The maximum atomic E-state index is 11.4. The minimum atomic E-state index is -0.378. The number of carbonyl (C=O) groups is 2. The van der Waals surface area contributed by atoms with E-state index >= 15 is 0 Å². The fraction of sp³-hybridized carbons (Fsp3) is 0.250. The van der Waals surface area contributed by atoms with Gasteiger partial charge in [-0.2, -0.15) is 5.26 Å². The average molecular weight is 242 g/mol. The number of anilines is 1. The molecule has 1 unspecified atom stereocenters. The van der Waals surface area contributed by atoms with Crippen molar-refractivity contribution in [2.75, 3.05) is 11.9 Å². The molecule has 2 aliphatic heterocycles. The van der Waals surface area contributed by atoms with E-state index in [1.807, 2.05) is 24.4 Å². The molecule has 1 aromatic rings. The fourth-order valence-corrected chi connectivity index (χ4v) is 2.28. The monoisotopic (exact) mass is 242 g/mol. The molecule has 2 heterocycles. The molecule has 0 saturated carbocycles. The van der Waals surface area contributed by atoms with Gasteiger partial charge in [-0.3, -0.25) is 4.79 Å². The van der Waals surface area contributed by atoms with E-state index in [4.69, 9.17) is 5.26 Å². The predicted molar refractivity (Wildman–Crippen MR) is 62.4 cm³/mol. The van der Waals surface area contributed by atoms with Gasteiger partial charge in [-0.25, -0.2) is 9.69 Å². The lowest BCUT2D eigenvalue weighted by Gasteiger charge is -2.10. The van der Waals surface area contributed by atoms with Gasteiger partial charge in [0.05, 0.1) is 19.0 Å². The van der Waals surface area contributed by atoms with Crippen molar-refractivity contribution in [1.82, 2.24) is 10.2 Å². The largest absolute Gasteiger partial charge is 0.331 e. The standard InChI is InChI=1S/C12H10N4O2/c13-6-16-5-10(15-12(16)18)7-1-2-9-8(3-7)4-11(17)14-9/h1-3,10H,4-5H2,(H,14,17)(H,15,18). The van der Waals surface area contributed by atoms with Gasteiger partial charge in [0.25, 0.3) is 0 Å². The second-order valence-electron chi connectivity index (χ2n) is 4.35. The molecule has 1 aromatic carbocycles. The van der Waals surface area contributed by atoms with Crippen LogP contribution < -0.4 is 10.6 Å². The molecule has 2 N–H and O–H groups in total. The molecule has 6 nitrogen and oxygen atoms in total. The Bertz CT molecular complexity index is 590. The Morgan fingerprint density at radius 2 is 2.22 bits per heavy atom. The van der Waals surface area contributed by atoms with Crippen LogP contribution in [0.25, 0.3) is 0 Å². The summed E-state index contributed by atoms with van der Waals surface area (Å²) in [6.45, 7) is 0.329. The summed E-state index contributed by atoms with van der Waals surface area (Å²) < 4.78 is 0. The van der Waals surface area contributed by atoms with Gasteiger partial charge in [-0.05, 0) is 17.2 Å². The van der Waals surface area contributed by atoms with Crippen LogP contribution in [0.4, 0.5) is 10.5 Å². The molecule has 18 heavy (non-hydrogen) atoms. The minimum Gasteiger partial charge on any atom is -0.328 e. The summed E-state index contributed by atoms with van der Waals surface area (Å²) in [4.78, 5) is 23.7. The van der Waals surface area contributed by atoms with Gasteiger partial charge >= 0.3 is 6.03 Å². The van der Waals surface area contributed by atoms with E-state index in [9.17, 15) is 9.59 Å². The molecule has 0 radical (unpaired) electrons. The van der Waals surface area contributed by atoms with E-state index in [0.29, 0.717) is 13.0 Å². The number of hydrogen-bond donors (Lipinski definition) is 2. The number of amides is 3. The summed E-state index contributed by atoms with van der Waals surface area (Å²) in [6, 6.07) is 5.02. The number of nitriles is 1. The van der Waals surface area contributed by atoms with Crippen LogP contribution in [0, 0.1) is 11.5 Å². The Hall–Kier alpha value is -2.55. The summed E-state index contributed by atoms with van der Waals surface area (Å²) in [7, 11) is 0. The van der Waals surface area contributed by atoms with Gasteiger partial charge in [-0.15, -0.1) is 0 Å². The number of nitrogens with one attached hydrogen (secondary N) is 2. The van der Waals surface area contributed by atoms with Gasteiger partial charge in [0.2, 0.25) is 5.91 Å². The first kappa shape index (κ1) is 10.6. The van der Waals surface area contributed by atoms with Gasteiger partial charge in [-0.1, -0.05) is 12.1 Å². The van der Waals surface area contributed by atoms with Crippen LogP contribution in [0.2, 0.25) is 0 Å². The van der Waals surface area contributed by atoms with E-state index in [2.05, 4.69) is 10.6 Å². The smallest absolute Gasteiger partial charge is 0.328 e. The molecule has 1 saturated heterocycles. The number of fused-ring (bicyclic) bond motifs is 1. The van der Waals surface area contributed by atoms with Crippen molar-refractivity contribution in [3.05, 3.63) is 29.3 Å². The molecule has 1 atom stereocenters. The highest BCUT2D eigenvalue weighted by molar-refractivity contribution is 5.99. The molecule has 0 spiro atoms. The fourth-order valence-electron chi connectivity index (χ4n) is 2.28. The lowest BCUT2D eigenvalue weighted by atomic mass is 10.0. The van der Waals surface area contributed by atoms with Crippen LogP contribution in [0.3, 0.4) is 0 Å². The van der Waals surface area contributed by atoms with Crippen molar-refractivity contribution in [3.8, 4) is 6.19 Å². The summed E-state index contributed by atoms with van der Waals surface area (Å²) in [5.74, 6) is -0.0174. The highest BCUT2D eigenvalue weighted by Crippen LogP contribution is 2.28. The summed E-state index contributed by atoms with van der Waals surface area (Å²) in [6.07, 6.45) is 2.19. The first-order valence-electron chi connectivity index (χ1n) is 5.58. The molecule has 0 aromatic heterocycles. The summed E-state index contributed by atoms with van der Waals surface area (Å²) in [5.41, 5.74) is 2.67. The zero-order valence-corrected chi connectivity index (χ0v) is 9.43. The van der Waals surface area contributed by atoms with Crippen LogP contribution in [-0.4, -0.2) is 23.4 Å². The van der Waals surface area contributed by atoms with Gasteiger partial charge in [0, 0.05) is 5.69 Å². The van der Waals surface area contributed by atoms with Gasteiger partial charge < -0.3 is 10.6 Å². The second kappa shape index (κ2) is 3.74. The molecule has 2 aliphatic rings. The van der Waals surface area contributed by atoms with Crippen molar-refractivity contribution in [2.45, 2.75) is 12.5 Å².